The fraction of sp³-hybridized carbons (Fsp3) is 0.235. The third-order valence-electron chi connectivity index (χ3n) is 4.13. The number of halogens is 4. The molecule has 0 saturated heterocycles. The van der Waals surface area contributed by atoms with E-state index in [2.05, 4.69) is 10.2 Å². The zero-order valence-electron chi connectivity index (χ0n) is 14.0. The van der Waals surface area contributed by atoms with Gasteiger partial charge in [0.15, 0.2) is 0 Å². The van der Waals surface area contributed by atoms with Gasteiger partial charge in [-0.1, -0.05) is 25.1 Å². The Kier molecular flexibility index (Phi) is 4.96. The van der Waals surface area contributed by atoms with Crippen molar-refractivity contribution in [3.05, 3.63) is 60.0 Å². The number of nitrogens with zero attached hydrogens (tertiary/aromatic N) is 2. The average molecular weight is 401 g/mol. The van der Waals surface area contributed by atoms with Crippen LogP contribution in [0.15, 0.2) is 53.6 Å². The van der Waals surface area contributed by atoms with Crippen molar-refractivity contribution in [2.24, 2.45) is 0 Å². The number of hydrogen-bond acceptors (Lipinski definition) is 3. The number of nitrogens with one attached hydrogen (secondary N) is 1. The summed E-state index contributed by atoms with van der Waals surface area (Å²) in [5, 5.41) is 6.53. The van der Waals surface area contributed by atoms with Crippen molar-refractivity contribution in [1.29, 1.82) is 0 Å². The molecule has 144 valence electrons. The molecule has 3 rings (SSSR count). The van der Waals surface area contributed by atoms with Crippen LogP contribution in [-0.4, -0.2) is 35.6 Å². The van der Waals surface area contributed by atoms with E-state index >= 15 is 0 Å². The molecule has 27 heavy (non-hydrogen) atoms. The second-order valence-corrected chi connectivity index (χ2v) is 7.65. The van der Waals surface area contributed by atoms with Crippen LogP contribution in [0.2, 0.25) is 0 Å². The summed E-state index contributed by atoms with van der Waals surface area (Å²) in [6, 6.07) is 5.37. The van der Waals surface area contributed by atoms with E-state index in [0.717, 1.165) is 24.3 Å². The lowest BCUT2D eigenvalue weighted by molar-refractivity contribution is -0.173. The standard InChI is InChI=1S/C17H15F4N3O2S/c1-2-24(16(17(19,20)21)11-6-8-12(18)9-7-11)27(25,26)15-5-3-4-14-13(15)10-22-23-14/h3-10,16H,2H2,1H3,(H,22,23). The highest BCUT2D eigenvalue weighted by molar-refractivity contribution is 7.89. The normalized spacial score (nSPS) is 14.0. The second kappa shape index (κ2) is 6.93. The van der Waals surface area contributed by atoms with E-state index < -0.39 is 34.6 Å². The van der Waals surface area contributed by atoms with Gasteiger partial charge in [-0.3, -0.25) is 5.10 Å². The average Bonchev–Trinajstić information content (AvgIpc) is 3.07. The van der Waals surface area contributed by atoms with E-state index in [9.17, 15) is 26.0 Å². The molecule has 0 aliphatic heterocycles. The minimum atomic E-state index is -4.90. The van der Waals surface area contributed by atoms with Crippen LogP contribution >= 0.6 is 0 Å². The first-order valence-electron chi connectivity index (χ1n) is 7.92. The van der Waals surface area contributed by atoms with Gasteiger partial charge in [0.05, 0.1) is 16.6 Å². The minimum absolute atomic E-state index is 0.191. The Morgan fingerprint density at radius 1 is 1.15 bits per heavy atom. The lowest BCUT2D eigenvalue weighted by Crippen LogP contribution is -2.42. The fourth-order valence-electron chi connectivity index (χ4n) is 2.95. The molecular weight excluding hydrogens is 386 g/mol. The molecule has 0 bridgehead atoms. The van der Waals surface area contributed by atoms with Crippen LogP contribution in [0, 0.1) is 5.82 Å². The van der Waals surface area contributed by atoms with Crippen LogP contribution in [0.3, 0.4) is 0 Å². The Morgan fingerprint density at radius 3 is 2.41 bits per heavy atom. The van der Waals surface area contributed by atoms with Gasteiger partial charge in [-0.25, -0.2) is 12.8 Å². The summed E-state index contributed by atoms with van der Waals surface area (Å²) >= 11 is 0. The zero-order valence-corrected chi connectivity index (χ0v) is 14.9. The Bertz CT molecular complexity index is 1050. The number of fused-ring (bicyclic) bond motifs is 1. The number of rotatable bonds is 5. The van der Waals surface area contributed by atoms with Gasteiger partial charge in [0, 0.05) is 11.9 Å². The first kappa shape index (κ1) is 19.3. The minimum Gasteiger partial charge on any atom is -0.278 e. The highest BCUT2D eigenvalue weighted by Gasteiger charge is 2.49. The van der Waals surface area contributed by atoms with Gasteiger partial charge in [0.1, 0.15) is 11.9 Å². The molecule has 1 N–H and O–H groups in total. The topological polar surface area (TPSA) is 66.1 Å². The summed E-state index contributed by atoms with van der Waals surface area (Å²) in [6.07, 6.45) is -3.65. The van der Waals surface area contributed by atoms with E-state index in [0.29, 0.717) is 9.82 Å². The lowest BCUT2D eigenvalue weighted by atomic mass is 10.1. The molecule has 1 unspecified atom stereocenters. The van der Waals surface area contributed by atoms with E-state index in [-0.39, 0.29) is 15.8 Å². The molecule has 3 aromatic rings. The number of H-pyrrole nitrogens is 1. The molecule has 10 heteroatoms. The molecule has 0 radical (unpaired) electrons. The third-order valence-corrected chi connectivity index (χ3v) is 6.13. The molecule has 0 fully saturated rings. The van der Waals surface area contributed by atoms with Gasteiger partial charge in [-0.15, -0.1) is 0 Å². The maximum atomic E-state index is 13.8. The third kappa shape index (κ3) is 3.54. The predicted octanol–water partition coefficient (Wildman–Crippen LogP) is 4.02. The number of aromatic amines is 1. The van der Waals surface area contributed by atoms with Gasteiger partial charge in [0.25, 0.3) is 0 Å². The Hall–Kier alpha value is -2.46. The SMILES string of the molecule is CCN(C(c1ccc(F)cc1)C(F)(F)F)S(=O)(=O)c1cccc2[nH]ncc12. The zero-order chi connectivity index (χ0) is 19.8. The molecule has 0 aliphatic carbocycles. The Morgan fingerprint density at radius 2 is 1.81 bits per heavy atom. The second-order valence-electron chi connectivity index (χ2n) is 5.79. The van der Waals surface area contributed by atoms with Crippen molar-refractivity contribution >= 4 is 20.9 Å². The lowest BCUT2D eigenvalue weighted by Gasteiger charge is -2.32. The molecule has 2 aromatic carbocycles. The Labute approximate surface area is 152 Å². The van der Waals surface area contributed by atoms with E-state index in [4.69, 9.17) is 0 Å². The molecule has 0 spiro atoms. The fourth-order valence-corrected chi connectivity index (χ4v) is 4.75. The number of sulfonamides is 1. The maximum Gasteiger partial charge on any atom is 0.409 e. The van der Waals surface area contributed by atoms with Crippen molar-refractivity contribution in [2.45, 2.75) is 24.0 Å². The first-order valence-corrected chi connectivity index (χ1v) is 9.36. The van der Waals surface area contributed by atoms with Crippen molar-refractivity contribution in [1.82, 2.24) is 14.5 Å². The molecule has 1 aromatic heterocycles. The van der Waals surface area contributed by atoms with E-state index in [1.165, 1.54) is 25.3 Å². The van der Waals surface area contributed by atoms with Crippen molar-refractivity contribution < 1.29 is 26.0 Å². The van der Waals surface area contributed by atoms with Gasteiger partial charge in [0.2, 0.25) is 10.0 Å². The maximum absolute atomic E-state index is 13.8. The monoisotopic (exact) mass is 401 g/mol. The molecule has 1 atom stereocenters. The number of benzene rings is 2. The van der Waals surface area contributed by atoms with E-state index in [1.54, 1.807) is 6.07 Å². The summed E-state index contributed by atoms with van der Waals surface area (Å²) in [5.41, 5.74) is 0.0196. The molecule has 5 nitrogen and oxygen atoms in total. The van der Waals surface area contributed by atoms with Gasteiger partial charge >= 0.3 is 6.18 Å². The molecule has 0 amide bonds. The van der Waals surface area contributed by atoms with Gasteiger partial charge < -0.3 is 0 Å². The van der Waals surface area contributed by atoms with Crippen LogP contribution in [-0.2, 0) is 10.0 Å². The molecular formula is C17H15F4N3O2S. The Balaban J connectivity index is 2.17. The van der Waals surface area contributed by atoms with Crippen LogP contribution in [0.1, 0.15) is 18.5 Å². The summed E-state index contributed by atoms with van der Waals surface area (Å²) in [5.74, 6) is -0.714. The van der Waals surface area contributed by atoms with Crippen LogP contribution in [0.5, 0.6) is 0 Å². The van der Waals surface area contributed by atoms with Crippen molar-refractivity contribution in [2.75, 3.05) is 6.54 Å². The number of alkyl halides is 3. The highest BCUT2D eigenvalue weighted by atomic mass is 32.2. The molecule has 0 saturated carbocycles. The van der Waals surface area contributed by atoms with Crippen molar-refractivity contribution in [3.8, 4) is 0 Å². The van der Waals surface area contributed by atoms with Crippen LogP contribution < -0.4 is 0 Å². The highest BCUT2D eigenvalue weighted by Crippen LogP contribution is 2.41. The first-order chi connectivity index (χ1) is 12.7. The molecule has 1 heterocycles. The van der Waals surface area contributed by atoms with Crippen molar-refractivity contribution in [3.63, 3.8) is 0 Å². The number of aromatic nitrogens is 2. The van der Waals surface area contributed by atoms with E-state index in [1.807, 2.05) is 0 Å². The summed E-state index contributed by atoms with van der Waals surface area (Å²) < 4.78 is 81.2. The van der Waals surface area contributed by atoms with Gasteiger partial charge in [-0.05, 0) is 29.8 Å². The van der Waals surface area contributed by atoms with Crippen LogP contribution in [0.4, 0.5) is 17.6 Å². The summed E-state index contributed by atoms with van der Waals surface area (Å²) in [7, 11) is -4.53. The van der Waals surface area contributed by atoms with Crippen LogP contribution in [0.25, 0.3) is 10.9 Å². The molecule has 0 aliphatic rings. The summed E-state index contributed by atoms with van der Waals surface area (Å²) in [6.45, 7) is 0.882. The largest absolute Gasteiger partial charge is 0.409 e. The van der Waals surface area contributed by atoms with Gasteiger partial charge in [-0.2, -0.15) is 22.6 Å². The summed E-state index contributed by atoms with van der Waals surface area (Å²) in [4.78, 5) is -0.285. The number of hydrogen-bond donors (Lipinski definition) is 1. The predicted molar refractivity (Wildman–Crippen MR) is 90.9 cm³/mol. The smallest absolute Gasteiger partial charge is 0.278 e. The quantitative estimate of drug-likeness (QED) is 0.657.